The van der Waals surface area contributed by atoms with Gasteiger partial charge < -0.3 is 10.2 Å². The molecular formula is C22H27ClN2O. The van der Waals surface area contributed by atoms with Gasteiger partial charge >= 0.3 is 0 Å². The lowest BCUT2D eigenvalue weighted by atomic mass is 9.95. The van der Waals surface area contributed by atoms with E-state index in [-0.39, 0.29) is 11.8 Å². The summed E-state index contributed by atoms with van der Waals surface area (Å²) in [5.74, 6) is 0.210. The van der Waals surface area contributed by atoms with Crippen molar-refractivity contribution in [3.63, 3.8) is 0 Å². The molecule has 1 aliphatic heterocycles. The summed E-state index contributed by atoms with van der Waals surface area (Å²) in [4.78, 5) is 14.9. The van der Waals surface area contributed by atoms with Gasteiger partial charge in [0.2, 0.25) is 5.91 Å². The van der Waals surface area contributed by atoms with E-state index < -0.39 is 0 Å². The number of carbonyl (C=O) groups is 1. The predicted molar refractivity (Wildman–Crippen MR) is 110 cm³/mol. The minimum absolute atomic E-state index is 0.0743. The molecule has 138 valence electrons. The second-order valence-corrected chi connectivity index (χ2v) is 7.47. The summed E-state index contributed by atoms with van der Waals surface area (Å²) in [7, 11) is 0. The summed E-state index contributed by atoms with van der Waals surface area (Å²) in [6.07, 6.45) is 5.25. The number of piperidine rings is 1. The zero-order chi connectivity index (χ0) is 18.4. The van der Waals surface area contributed by atoms with Gasteiger partial charge in [-0.1, -0.05) is 43.1 Å². The van der Waals surface area contributed by atoms with Gasteiger partial charge in [0.25, 0.3) is 0 Å². The molecule has 3 nitrogen and oxygen atoms in total. The van der Waals surface area contributed by atoms with Crippen LogP contribution in [0.15, 0.2) is 48.5 Å². The average molecular weight is 371 g/mol. The van der Waals surface area contributed by atoms with Crippen LogP contribution in [0.5, 0.6) is 0 Å². The molecule has 1 amide bonds. The predicted octanol–water partition coefficient (Wildman–Crippen LogP) is 5.54. The normalized spacial score (nSPS) is 15.1. The molecule has 4 heteroatoms. The fourth-order valence-corrected chi connectivity index (χ4v) is 3.64. The number of hydrogen-bond acceptors (Lipinski definition) is 2. The van der Waals surface area contributed by atoms with E-state index in [1.807, 2.05) is 30.3 Å². The molecule has 1 heterocycles. The Morgan fingerprint density at radius 3 is 2.54 bits per heavy atom. The number of benzene rings is 2. The van der Waals surface area contributed by atoms with Crippen molar-refractivity contribution in [3.8, 4) is 0 Å². The van der Waals surface area contributed by atoms with Crippen LogP contribution >= 0.6 is 11.6 Å². The van der Waals surface area contributed by atoms with Crippen LogP contribution in [-0.4, -0.2) is 19.0 Å². The molecule has 1 saturated heterocycles. The maximum absolute atomic E-state index is 12.6. The second kappa shape index (κ2) is 9.09. The van der Waals surface area contributed by atoms with Crippen LogP contribution in [-0.2, 0) is 11.2 Å². The number of carbonyl (C=O) groups excluding carboxylic acids is 1. The highest BCUT2D eigenvalue weighted by atomic mass is 35.5. The van der Waals surface area contributed by atoms with E-state index in [1.54, 1.807) is 0 Å². The third-order valence-electron chi connectivity index (χ3n) is 5.08. The molecule has 0 spiro atoms. The summed E-state index contributed by atoms with van der Waals surface area (Å²) in [5.41, 5.74) is 3.37. The van der Waals surface area contributed by atoms with Gasteiger partial charge in [-0.15, -0.1) is 0 Å². The average Bonchev–Trinajstić information content (AvgIpc) is 2.67. The Bertz CT molecular complexity index is 721. The monoisotopic (exact) mass is 370 g/mol. The number of rotatable bonds is 6. The van der Waals surface area contributed by atoms with Crippen LogP contribution in [0.3, 0.4) is 0 Å². The quantitative estimate of drug-likeness (QED) is 0.724. The zero-order valence-corrected chi connectivity index (χ0v) is 16.1. The lowest BCUT2D eigenvalue weighted by Crippen LogP contribution is -2.38. The highest BCUT2D eigenvalue weighted by molar-refractivity contribution is 6.30. The number of amides is 1. The second-order valence-electron chi connectivity index (χ2n) is 7.03. The van der Waals surface area contributed by atoms with Crippen LogP contribution < -0.4 is 10.2 Å². The maximum atomic E-state index is 12.6. The zero-order valence-electron chi connectivity index (χ0n) is 15.4. The SMILES string of the molecule is CCCCc1ccc(NC(=O)C2CCN(c3cccc(Cl)c3)CC2)cc1. The molecule has 0 aliphatic carbocycles. The Morgan fingerprint density at radius 1 is 1.15 bits per heavy atom. The molecule has 1 fully saturated rings. The molecule has 26 heavy (non-hydrogen) atoms. The smallest absolute Gasteiger partial charge is 0.227 e. The molecule has 0 radical (unpaired) electrons. The topological polar surface area (TPSA) is 32.3 Å². The van der Waals surface area contributed by atoms with Crippen molar-refractivity contribution >= 4 is 28.9 Å². The van der Waals surface area contributed by atoms with Crippen molar-refractivity contribution in [1.29, 1.82) is 0 Å². The van der Waals surface area contributed by atoms with Gasteiger partial charge in [-0.2, -0.15) is 0 Å². The minimum atomic E-state index is 0.0743. The van der Waals surface area contributed by atoms with Crippen molar-refractivity contribution in [2.45, 2.75) is 39.0 Å². The van der Waals surface area contributed by atoms with Gasteiger partial charge in [0.15, 0.2) is 0 Å². The summed E-state index contributed by atoms with van der Waals surface area (Å²) >= 11 is 6.08. The first-order valence-corrected chi connectivity index (χ1v) is 9.94. The van der Waals surface area contributed by atoms with Gasteiger partial charge in [-0.25, -0.2) is 0 Å². The molecule has 1 aliphatic rings. The van der Waals surface area contributed by atoms with Crippen LogP contribution in [0.1, 0.15) is 38.2 Å². The number of aryl methyl sites for hydroxylation is 1. The first kappa shape index (κ1) is 18.8. The number of halogens is 1. The molecule has 0 aromatic heterocycles. The lowest BCUT2D eigenvalue weighted by molar-refractivity contribution is -0.120. The van der Waals surface area contributed by atoms with Crippen LogP contribution in [0.4, 0.5) is 11.4 Å². The van der Waals surface area contributed by atoms with Crippen LogP contribution in [0.25, 0.3) is 0 Å². The number of nitrogens with one attached hydrogen (secondary N) is 1. The van der Waals surface area contributed by atoms with Crippen molar-refractivity contribution in [3.05, 3.63) is 59.1 Å². The molecule has 0 atom stereocenters. The summed E-state index contributed by atoms with van der Waals surface area (Å²) in [5, 5.41) is 3.83. The Hall–Kier alpha value is -2.00. The molecule has 3 rings (SSSR count). The Labute approximate surface area is 161 Å². The Morgan fingerprint density at radius 2 is 1.88 bits per heavy atom. The van der Waals surface area contributed by atoms with Crippen molar-refractivity contribution in [2.75, 3.05) is 23.3 Å². The van der Waals surface area contributed by atoms with Gasteiger partial charge in [0, 0.05) is 35.4 Å². The molecular weight excluding hydrogens is 344 g/mol. The third kappa shape index (κ3) is 5.01. The molecule has 2 aromatic carbocycles. The van der Waals surface area contributed by atoms with Crippen molar-refractivity contribution in [1.82, 2.24) is 0 Å². The fourth-order valence-electron chi connectivity index (χ4n) is 3.45. The Balaban J connectivity index is 1.50. The van der Waals surface area contributed by atoms with E-state index >= 15 is 0 Å². The highest BCUT2D eigenvalue weighted by Gasteiger charge is 2.25. The number of nitrogens with zero attached hydrogens (tertiary/aromatic N) is 1. The number of unbranched alkanes of at least 4 members (excludes halogenated alkanes) is 1. The number of hydrogen-bond donors (Lipinski definition) is 1. The van der Waals surface area contributed by atoms with Crippen molar-refractivity contribution < 1.29 is 4.79 Å². The van der Waals surface area contributed by atoms with Crippen molar-refractivity contribution in [2.24, 2.45) is 5.92 Å². The first-order valence-electron chi connectivity index (χ1n) is 9.56. The van der Waals surface area contributed by atoms with E-state index in [2.05, 4.69) is 35.3 Å². The van der Waals surface area contributed by atoms with Crippen LogP contribution in [0, 0.1) is 5.92 Å². The van der Waals surface area contributed by atoms with Gasteiger partial charge in [-0.3, -0.25) is 4.79 Å². The summed E-state index contributed by atoms with van der Waals surface area (Å²) in [6, 6.07) is 16.2. The van der Waals surface area contributed by atoms with Gasteiger partial charge in [0.05, 0.1) is 0 Å². The highest BCUT2D eigenvalue weighted by Crippen LogP contribution is 2.26. The molecule has 0 saturated carbocycles. The largest absolute Gasteiger partial charge is 0.371 e. The maximum Gasteiger partial charge on any atom is 0.227 e. The van der Waals surface area contributed by atoms with Gasteiger partial charge in [-0.05, 0) is 61.6 Å². The standard InChI is InChI=1S/C22H27ClN2O/c1-2-3-5-17-8-10-20(11-9-17)24-22(26)18-12-14-25(15-13-18)21-7-4-6-19(23)16-21/h4,6-11,16,18H,2-3,5,12-15H2,1H3,(H,24,26). The summed E-state index contributed by atoms with van der Waals surface area (Å²) in [6.45, 7) is 3.97. The first-order chi connectivity index (χ1) is 12.7. The third-order valence-corrected chi connectivity index (χ3v) is 5.31. The Kier molecular flexibility index (Phi) is 6.56. The lowest BCUT2D eigenvalue weighted by Gasteiger charge is -2.33. The fraction of sp³-hybridized carbons (Fsp3) is 0.409. The van der Waals surface area contributed by atoms with E-state index in [4.69, 9.17) is 11.6 Å². The van der Waals surface area contributed by atoms with E-state index in [9.17, 15) is 4.79 Å². The molecule has 0 unspecified atom stereocenters. The molecule has 2 aromatic rings. The minimum Gasteiger partial charge on any atom is -0.371 e. The van der Waals surface area contributed by atoms with Crippen LogP contribution in [0.2, 0.25) is 5.02 Å². The van der Waals surface area contributed by atoms with E-state index in [0.29, 0.717) is 0 Å². The van der Waals surface area contributed by atoms with Gasteiger partial charge in [0.1, 0.15) is 0 Å². The number of anilines is 2. The van der Waals surface area contributed by atoms with E-state index in [0.717, 1.165) is 48.7 Å². The summed E-state index contributed by atoms with van der Waals surface area (Å²) < 4.78 is 0. The van der Waals surface area contributed by atoms with E-state index in [1.165, 1.54) is 18.4 Å². The molecule has 0 bridgehead atoms. The molecule has 1 N–H and O–H groups in total.